The normalized spacial score (nSPS) is 43.0. The van der Waals surface area contributed by atoms with Crippen molar-refractivity contribution in [2.24, 2.45) is 17.3 Å². The standard InChI is InChI=1S/C17H31N/c1-3-14-7-8-15(13(14)2)18-16-9-12-17(16)10-5-4-6-11-17/h13-16,18H,3-12H2,1-2H3. The van der Waals surface area contributed by atoms with Crippen molar-refractivity contribution in [2.75, 3.05) is 0 Å². The van der Waals surface area contributed by atoms with Gasteiger partial charge in [0.25, 0.3) is 0 Å². The lowest BCUT2D eigenvalue weighted by Gasteiger charge is -2.54. The van der Waals surface area contributed by atoms with Gasteiger partial charge in [0.05, 0.1) is 0 Å². The van der Waals surface area contributed by atoms with Gasteiger partial charge in [-0.05, 0) is 55.8 Å². The Bertz CT molecular complexity index is 279. The molecule has 18 heavy (non-hydrogen) atoms. The Balaban J connectivity index is 1.57. The van der Waals surface area contributed by atoms with Crippen LogP contribution in [0.3, 0.4) is 0 Å². The van der Waals surface area contributed by atoms with Crippen LogP contribution < -0.4 is 5.32 Å². The maximum Gasteiger partial charge on any atom is 0.0126 e. The molecule has 1 N–H and O–H groups in total. The first-order chi connectivity index (χ1) is 8.75. The van der Waals surface area contributed by atoms with Crippen LogP contribution in [0, 0.1) is 17.3 Å². The van der Waals surface area contributed by atoms with E-state index in [0.29, 0.717) is 0 Å². The van der Waals surface area contributed by atoms with Crippen LogP contribution in [0.15, 0.2) is 0 Å². The first kappa shape index (κ1) is 13.0. The second-order valence-corrected chi connectivity index (χ2v) is 7.39. The third kappa shape index (κ3) is 2.13. The minimum absolute atomic E-state index is 0.738. The summed E-state index contributed by atoms with van der Waals surface area (Å²) in [5.74, 6) is 1.90. The zero-order valence-electron chi connectivity index (χ0n) is 12.4. The van der Waals surface area contributed by atoms with Crippen molar-refractivity contribution < 1.29 is 0 Å². The minimum Gasteiger partial charge on any atom is -0.310 e. The quantitative estimate of drug-likeness (QED) is 0.776. The largest absolute Gasteiger partial charge is 0.310 e. The van der Waals surface area contributed by atoms with Gasteiger partial charge in [-0.3, -0.25) is 0 Å². The minimum atomic E-state index is 0.738. The highest BCUT2D eigenvalue weighted by molar-refractivity contribution is 5.03. The highest BCUT2D eigenvalue weighted by Crippen LogP contribution is 2.52. The third-order valence-corrected chi connectivity index (χ3v) is 6.69. The molecule has 4 atom stereocenters. The predicted octanol–water partition coefficient (Wildman–Crippen LogP) is 4.51. The maximum atomic E-state index is 4.09. The van der Waals surface area contributed by atoms with Crippen molar-refractivity contribution in [3.63, 3.8) is 0 Å². The Morgan fingerprint density at radius 1 is 1.00 bits per heavy atom. The Hall–Kier alpha value is -0.0400. The Labute approximate surface area is 113 Å². The summed E-state index contributed by atoms with van der Waals surface area (Å²) in [6.45, 7) is 4.86. The van der Waals surface area contributed by atoms with Crippen LogP contribution in [0.1, 0.15) is 78.1 Å². The highest BCUT2D eigenvalue weighted by atomic mass is 15.0. The molecule has 0 bridgehead atoms. The lowest BCUT2D eigenvalue weighted by molar-refractivity contribution is 0.0133. The molecule has 0 heterocycles. The van der Waals surface area contributed by atoms with E-state index in [4.69, 9.17) is 0 Å². The van der Waals surface area contributed by atoms with Crippen LogP contribution in [-0.2, 0) is 0 Å². The Morgan fingerprint density at radius 3 is 2.33 bits per heavy atom. The van der Waals surface area contributed by atoms with E-state index in [0.717, 1.165) is 29.3 Å². The molecular formula is C17H31N. The molecule has 0 aromatic rings. The molecule has 3 aliphatic carbocycles. The van der Waals surface area contributed by atoms with E-state index in [2.05, 4.69) is 19.2 Å². The molecule has 1 nitrogen and oxygen atoms in total. The first-order valence-corrected chi connectivity index (χ1v) is 8.51. The zero-order chi connectivity index (χ0) is 12.6. The van der Waals surface area contributed by atoms with Crippen molar-refractivity contribution in [3.8, 4) is 0 Å². The van der Waals surface area contributed by atoms with Gasteiger partial charge in [0.15, 0.2) is 0 Å². The van der Waals surface area contributed by atoms with Gasteiger partial charge in [0.2, 0.25) is 0 Å². The van der Waals surface area contributed by atoms with E-state index in [1.165, 1.54) is 64.2 Å². The summed E-state index contributed by atoms with van der Waals surface area (Å²) >= 11 is 0. The average molecular weight is 249 g/mol. The van der Waals surface area contributed by atoms with Crippen molar-refractivity contribution in [1.29, 1.82) is 0 Å². The van der Waals surface area contributed by atoms with Gasteiger partial charge >= 0.3 is 0 Å². The molecule has 0 radical (unpaired) electrons. The maximum absolute atomic E-state index is 4.09. The predicted molar refractivity (Wildman–Crippen MR) is 77.6 cm³/mol. The Kier molecular flexibility index (Phi) is 3.71. The lowest BCUT2D eigenvalue weighted by atomic mass is 9.57. The van der Waals surface area contributed by atoms with Gasteiger partial charge in [-0.25, -0.2) is 0 Å². The first-order valence-electron chi connectivity index (χ1n) is 8.51. The van der Waals surface area contributed by atoms with Gasteiger partial charge < -0.3 is 5.32 Å². The topological polar surface area (TPSA) is 12.0 Å². The number of rotatable bonds is 3. The fraction of sp³-hybridized carbons (Fsp3) is 1.00. The van der Waals surface area contributed by atoms with Crippen molar-refractivity contribution in [3.05, 3.63) is 0 Å². The van der Waals surface area contributed by atoms with Gasteiger partial charge in [0.1, 0.15) is 0 Å². The van der Waals surface area contributed by atoms with E-state index in [-0.39, 0.29) is 0 Å². The number of hydrogen-bond acceptors (Lipinski definition) is 1. The molecular weight excluding hydrogens is 218 g/mol. The second kappa shape index (κ2) is 5.15. The zero-order valence-corrected chi connectivity index (χ0v) is 12.4. The van der Waals surface area contributed by atoms with E-state index < -0.39 is 0 Å². The number of hydrogen-bond donors (Lipinski definition) is 1. The average Bonchev–Trinajstić information content (AvgIpc) is 2.76. The van der Waals surface area contributed by atoms with Crippen molar-refractivity contribution in [2.45, 2.75) is 90.1 Å². The van der Waals surface area contributed by atoms with Gasteiger partial charge in [-0.1, -0.05) is 39.5 Å². The fourth-order valence-corrected chi connectivity index (χ4v) is 5.13. The summed E-state index contributed by atoms with van der Waals surface area (Å²) in [5, 5.41) is 4.09. The molecule has 3 aliphatic rings. The van der Waals surface area contributed by atoms with E-state index in [1.54, 1.807) is 0 Å². The molecule has 1 spiro atoms. The third-order valence-electron chi connectivity index (χ3n) is 6.69. The summed E-state index contributed by atoms with van der Waals surface area (Å²) in [6.07, 6.45) is 14.8. The summed E-state index contributed by atoms with van der Waals surface area (Å²) < 4.78 is 0. The van der Waals surface area contributed by atoms with E-state index in [1.807, 2.05) is 0 Å². The molecule has 1 heteroatoms. The van der Waals surface area contributed by atoms with Crippen LogP contribution in [0.2, 0.25) is 0 Å². The molecule has 0 aromatic heterocycles. The number of nitrogens with one attached hydrogen (secondary N) is 1. The monoisotopic (exact) mass is 249 g/mol. The molecule has 3 saturated carbocycles. The molecule has 3 rings (SSSR count). The molecule has 104 valence electrons. The summed E-state index contributed by atoms with van der Waals surface area (Å²) in [5.41, 5.74) is 0.738. The molecule has 4 unspecified atom stereocenters. The van der Waals surface area contributed by atoms with E-state index >= 15 is 0 Å². The molecule has 3 fully saturated rings. The van der Waals surface area contributed by atoms with Crippen LogP contribution in [0.25, 0.3) is 0 Å². The summed E-state index contributed by atoms with van der Waals surface area (Å²) in [7, 11) is 0. The molecule has 0 saturated heterocycles. The smallest absolute Gasteiger partial charge is 0.0126 e. The van der Waals surface area contributed by atoms with Gasteiger partial charge in [-0.15, -0.1) is 0 Å². The summed E-state index contributed by atoms with van der Waals surface area (Å²) in [6, 6.07) is 1.71. The van der Waals surface area contributed by atoms with Crippen LogP contribution in [-0.4, -0.2) is 12.1 Å². The van der Waals surface area contributed by atoms with Gasteiger partial charge in [0, 0.05) is 12.1 Å². The van der Waals surface area contributed by atoms with Crippen LogP contribution in [0.4, 0.5) is 0 Å². The Morgan fingerprint density at radius 2 is 1.78 bits per heavy atom. The van der Waals surface area contributed by atoms with E-state index in [9.17, 15) is 0 Å². The van der Waals surface area contributed by atoms with Crippen molar-refractivity contribution >= 4 is 0 Å². The van der Waals surface area contributed by atoms with Crippen LogP contribution in [0.5, 0.6) is 0 Å². The lowest BCUT2D eigenvalue weighted by Crippen LogP contribution is -2.57. The second-order valence-electron chi connectivity index (χ2n) is 7.39. The molecule has 0 amide bonds. The highest BCUT2D eigenvalue weighted by Gasteiger charge is 2.48. The van der Waals surface area contributed by atoms with Gasteiger partial charge in [-0.2, -0.15) is 0 Å². The SMILES string of the molecule is CCC1CCC(NC2CCC23CCCCC3)C1C. The van der Waals surface area contributed by atoms with Crippen molar-refractivity contribution in [1.82, 2.24) is 5.32 Å². The fourth-order valence-electron chi connectivity index (χ4n) is 5.13. The van der Waals surface area contributed by atoms with Crippen LogP contribution >= 0.6 is 0 Å². The molecule has 0 aliphatic heterocycles. The summed E-state index contributed by atoms with van der Waals surface area (Å²) in [4.78, 5) is 0. The molecule has 0 aromatic carbocycles.